The van der Waals surface area contributed by atoms with Gasteiger partial charge in [-0.05, 0) is 63.5 Å². The summed E-state index contributed by atoms with van der Waals surface area (Å²) in [6, 6.07) is 6.50. The van der Waals surface area contributed by atoms with Crippen LogP contribution in [0.5, 0.6) is 11.5 Å². The van der Waals surface area contributed by atoms with Crippen molar-refractivity contribution in [1.29, 1.82) is 0 Å². The van der Waals surface area contributed by atoms with Crippen LogP contribution in [0.1, 0.15) is 53.6 Å². The average molecular weight is 516 g/mol. The Balaban J connectivity index is 1.86. The van der Waals surface area contributed by atoms with E-state index in [4.69, 9.17) is 13.9 Å². The van der Waals surface area contributed by atoms with Gasteiger partial charge in [-0.25, -0.2) is 14.3 Å². The average Bonchev–Trinajstić information content (AvgIpc) is 3.22. The van der Waals surface area contributed by atoms with E-state index in [1.807, 2.05) is 21.0 Å². The van der Waals surface area contributed by atoms with Gasteiger partial charge in [0.25, 0.3) is 0 Å². The molecule has 202 valence electrons. The van der Waals surface area contributed by atoms with E-state index in [0.717, 1.165) is 5.56 Å². The zero-order chi connectivity index (χ0) is 27.3. The Kier molecular flexibility index (Phi) is 9.64. The third-order valence-electron chi connectivity index (χ3n) is 6.44. The summed E-state index contributed by atoms with van der Waals surface area (Å²) in [5, 5.41) is 3.47. The van der Waals surface area contributed by atoms with E-state index in [2.05, 4.69) is 36.2 Å². The first-order valence-corrected chi connectivity index (χ1v) is 12.7. The molecule has 9 heteroatoms. The molecule has 0 amide bonds. The molecule has 3 aromatic rings. The molecule has 0 fully saturated rings. The number of benzene rings is 2. The number of quaternary nitrogens is 1. The Labute approximate surface area is 218 Å². The summed E-state index contributed by atoms with van der Waals surface area (Å²) in [6.45, 7) is 8.46. The lowest BCUT2D eigenvalue weighted by molar-refractivity contribution is -0.902. The van der Waals surface area contributed by atoms with Crippen LogP contribution in [0, 0.1) is 19.7 Å². The number of oxazole rings is 1. The van der Waals surface area contributed by atoms with Crippen molar-refractivity contribution >= 4 is 16.9 Å². The van der Waals surface area contributed by atoms with E-state index in [-0.39, 0.29) is 23.8 Å². The highest BCUT2D eigenvalue weighted by Crippen LogP contribution is 2.42. The van der Waals surface area contributed by atoms with Crippen molar-refractivity contribution in [3.05, 3.63) is 52.7 Å². The molecule has 0 saturated heterocycles. The minimum absolute atomic E-state index is 0.112. The van der Waals surface area contributed by atoms with Gasteiger partial charge in [0.2, 0.25) is 11.3 Å². The number of ether oxygens (including phenoxy) is 2. The molecule has 0 aliphatic carbocycles. The Bertz CT molecular complexity index is 1200. The summed E-state index contributed by atoms with van der Waals surface area (Å²) in [5.41, 5.74) is 3.25. The molecular weight excluding hydrogens is 475 g/mol. The second-order valence-electron chi connectivity index (χ2n) is 9.96. The number of nitrogens with zero attached hydrogens (tertiary/aromatic N) is 2. The van der Waals surface area contributed by atoms with Crippen molar-refractivity contribution in [2.45, 2.75) is 46.3 Å². The molecule has 37 heavy (non-hydrogen) atoms. The highest BCUT2D eigenvalue weighted by Gasteiger charge is 2.27. The highest BCUT2D eigenvalue weighted by molar-refractivity contribution is 6.05. The molecule has 2 N–H and O–H groups in total. The Morgan fingerprint density at radius 1 is 1.14 bits per heavy atom. The van der Waals surface area contributed by atoms with Crippen LogP contribution in [0.3, 0.4) is 0 Å². The van der Waals surface area contributed by atoms with Crippen molar-refractivity contribution in [1.82, 2.24) is 15.2 Å². The van der Waals surface area contributed by atoms with Gasteiger partial charge in [-0.2, -0.15) is 0 Å². The fourth-order valence-corrected chi connectivity index (χ4v) is 4.58. The van der Waals surface area contributed by atoms with Crippen LogP contribution in [-0.2, 0) is 0 Å². The number of halogens is 1. The number of hydrogen-bond donors (Lipinski definition) is 2. The fourth-order valence-electron chi connectivity index (χ4n) is 4.58. The first-order valence-electron chi connectivity index (χ1n) is 12.7. The van der Waals surface area contributed by atoms with Crippen LogP contribution in [0.2, 0.25) is 0 Å². The molecule has 3 rings (SSSR count). The Morgan fingerprint density at radius 2 is 1.78 bits per heavy atom. The summed E-state index contributed by atoms with van der Waals surface area (Å²) >= 11 is 0. The Hall–Kier alpha value is -3.01. The van der Waals surface area contributed by atoms with Crippen molar-refractivity contribution in [3.8, 4) is 11.5 Å². The number of ketones is 1. The second kappa shape index (κ2) is 12.5. The van der Waals surface area contributed by atoms with E-state index >= 15 is 0 Å². The third-order valence-corrected chi connectivity index (χ3v) is 6.44. The zero-order valence-corrected chi connectivity index (χ0v) is 23.2. The number of Topliss-reactive ketones (excluding diaryl/α,β-unsaturated/α-hetero) is 1. The largest absolute Gasteiger partial charge is 0.487 e. The molecule has 0 saturated carbocycles. The quantitative estimate of drug-likeness (QED) is 0.205. The van der Waals surface area contributed by atoms with E-state index in [9.17, 15) is 9.18 Å². The molecule has 0 aliphatic rings. The molecule has 1 heterocycles. The standard InChI is InChI=1S/C28H39FN4O4/c1-17(21-9-11-22(29)12-10-21)13-15-35-27-25(36-16-14-30-28(32(5)6)33(7)8)23(19(3)34)18(2)24-26(27)37-20(4)31-24/h9-12,17,28,30H,13-16H2,1-8H3/p+1. The topological polar surface area (TPSA) is 81.3 Å². The molecule has 0 radical (unpaired) electrons. The lowest BCUT2D eigenvalue weighted by Crippen LogP contribution is -3.14. The number of aromatic nitrogens is 1. The molecule has 0 aliphatic heterocycles. The van der Waals surface area contributed by atoms with Crippen LogP contribution in [0.4, 0.5) is 4.39 Å². The number of carbonyl (C=O) groups is 1. The number of nitrogens with one attached hydrogen (secondary N) is 2. The molecule has 2 atom stereocenters. The number of aryl methyl sites for hydroxylation is 2. The molecule has 0 bridgehead atoms. The molecule has 2 unspecified atom stereocenters. The number of fused-ring (bicyclic) bond motifs is 1. The smallest absolute Gasteiger partial charge is 0.207 e. The maximum absolute atomic E-state index is 13.3. The van der Waals surface area contributed by atoms with Gasteiger partial charge in [-0.1, -0.05) is 19.1 Å². The summed E-state index contributed by atoms with van der Waals surface area (Å²) < 4.78 is 31.7. The van der Waals surface area contributed by atoms with Crippen LogP contribution in [0.15, 0.2) is 28.7 Å². The monoisotopic (exact) mass is 515 g/mol. The van der Waals surface area contributed by atoms with Gasteiger partial charge in [0.05, 0.1) is 26.3 Å². The second-order valence-corrected chi connectivity index (χ2v) is 9.96. The van der Waals surface area contributed by atoms with Crippen molar-refractivity contribution in [2.75, 3.05) is 47.9 Å². The van der Waals surface area contributed by atoms with Gasteiger partial charge in [-0.15, -0.1) is 0 Å². The molecule has 0 spiro atoms. The minimum atomic E-state index is -0.258. The van der Waals surface area contributed by atoms with Gasteiger partial charge in [-0.3, -0.25) is 10.1 Å². The molecule has 1 aromatic heterocycles. The fraction of sp³-hybridized carbons (Fsp3) is 0.500. The molecular formula is C28H40FN4O4+. The predicted octanol–water partition coefficient (Wildman–Crippen LogP) is 3.32. The first-order chi connectivity index (χ1) is 17.5. The van der Waals surface area contributed by atoms with Crippen LogP contribution in [-0.4, -0.2) is 69.9 Å². The maximum atomic E-state index is 13.3. The summed E-state index contributed by atoms with van der Waals surface area (Å²) in [7, 11) is 8.19. The SMILES string of the molecule is CC(=O)c1c(OCCNC(N(C)C)[NH+](C)C)c(OCCC(C)c2ccc(F)cc2)c2oc(C)nc2c1C. The molecule has 2 aromatic carbocycles. The summed E-state index contributed by atoms with van der Waals surface area (Å²) in [5.74, 6) is 1.01. The normalized spacial score (nSPS) is 13.4. The lowest BCUT2D eigenvalue weighted by atomic mass is 9.98. The first kappa shape index (κ1) is 28.6. The number of rotatable bonds is 13. The Morgan fingerprint density at radius 3 is 2.38 bits per heavy atom. The van der Waals surface area contributed by atoms with E-state index in [0.29, 0.717) is 65.8 Å². The minimum Gasteiger partial charge on any atom is -0.487 e. The number of hydrogen-bond acceptors (Lipinski definition) is 7. The summed E-state index contributed by atoms with van der Waals surface area (Å²) in [6.07, 6.45) is 0.793. The zero-order valence-electron chi connectivity index (χ0n) is 23.2. The van der Waals surface area contributed by atoms with Gasteiger partial charge in [0.15, 0.2) is 23.7 Å². The van der Waals surface area contributed by atoms with E-state index in [1.54, 1.807) is 19.1 Å². The van der Waals surface area contributed by atoms with Crippen molar-refractivity contribution in [2.24, 2.45) is 0 Å². The molecule has 8 nitrogen and oxygen atoms in total. The van der Waals surface area contributed by atoms with Gasteiger partial charge in [0, 0.05) is 13.5 Å². The van der Waals surface area contributed by atoms with Crippen LogP contribution in [0.25, 0.3) is 11.1 Å². The highest BCUT2D eigenvalue weighted by atomic mass is 19.1. The lowest BCUT2D eigenvalue weighted by Gasteiger charge is -2.28. The maximum Gasteiger partial charge on any atom is 0.207 e. The van der Waals surface area contributed by atoms with Crippen molar-refractivity contribution < 1.29 is 28.0 Å². The summed E-state index contributed by atoms with van der Waals surface area (Å²) in [4.78, 5) is 20.6. The van der Waals surface area contributed by atoms with Crippen LogP contribution < -0.4 is 19.7 Å². The van der Waals surface area contributed by atoms with Gasteiger partial charge < -0.3 is 18.8 Å². The van der Waals surface area contributed by atoms with Gasteiger partial charge in [0.1, 0.15) is 17.9 Å². The number of carbonyl (C=O) groups excluding carboxylic acids is 1. The third kappa shape index (κ3) is 6.85. The van der Waals surface area contributed by atoms with Crippen LogP contribution >= 0.6 is 0 Å². The van der Waals surface area contributed by atoms with E-state index in [1.165, 1.54) is 24.0 Å². The van der Waals surface area contributed by atoms with E-state index < -0.39 is 0 Å². The van der Waals surface area contributed by atoms with Gasteiger partial charge >= 0.3 is 0 Å². The predicted molar refractivity (Wildman–Crippen MR) is 142 cm³/mol. The van der Waals surface area contributed by atoms with Crippen molar-refractivity contribution in [3.63, 3.8) is 0 Å².